The molecule has 2 unspecified atom stereocenters. The van der Waals surface area contributed by atoms with Crippen LogP contribution in [0.5, 0.6) is 0 Å². The zero-order chi connectivity index (χ0) is 13.0. The standard InChI is InChI=1S/C12H18N4S2/c1-18-9-4-2-3-8(7-9)15-12-10(11(13)17)5-6-14-16-12/h5-6,8-9H,2-4,7H2,1H3,(H2,13,17)(H,15,16). The van der Waals surface area contributed by atoms with Crippen LogP contribution in [0.4, 0.5) is 5.82 Å². The number of nitrogens with zero attached hydrogens (tertiary/aromatic N) is 2. The van der Waals surface area contributed by atoms with Gasteiger partial charge in [-0.25, -0.2) is 0 Å². The van der Waals surface area contributed by atoms with Crippen LogP contribution in [0.15, 0.2) is 12.3 Å². The van der Waals surface area contributed by atoms with Crippen molar-refractivity contribution >= 4 is 34.8 Å². The minimum atomic E-state index is 0.365. The summed E-state index contributed by atoms with van der Waals surface area (Å²) in [7, 11) is 0. The Hall–Kier alpha value is -0.880. The van der Waals surface area contributed by atoms with Gasteiger partial charge in [-0.1, -0.05) is 18.6 Å². The molecule has 3 N–H and O–H groups in total. The van der Waals surface area contributed by atoms with Gasteiger partial charge in [0.1, 0.15) is 4.99 Å². The monoisotopic (exact) mass is 282 g/mol. The van der Waals surface area contributed by atoms with Crippen LogP contribution in [-0.2, 0) is 0 Å². The van der Waals surface area contributed by atoms with Crippen LogP contribution in [0.3, 0.4) is 0 Å². The largest absolute Gasteiger partial charge is 0.389 e. The smallest absolute Gasteiger partial charge is 0.159 e. The third-order valence-electron chi connectivity index (χ3n) is 3.29. The third kappa shape index (κ3) is 3.32. The first kappa shape index (κ1) is 13.5. The Balaban J connectivity index is 2.07. The van der Waals surface area contributed by atoms with E-state index in [-0.39, 0.29) is 0 Å². The number of anilines is 1. The fraction of sp³-hybridized carbons (Fsp3) is 0.583. The van der Waals surface area contributed by atoms with Crippen LogP contribution in [0.2, 0.25) is 0 Å². The number of aromatic nitrogens is 2. The van der Waals surface area contributed by atoms with Crippen molar-refractivity contribution < 1.29 is 0 Å². The molecule has 0 saturated heterocycles. The molecule has 98 valence electrons. The summed E-state index contributed by atoms with van der Waals surface area (Å²) in [5.74, 6) is 0.719. The maximum absolute atomic E-state index is 5.69. The first-order chi connectivity index (χ1) is 8.70. The second kappa shape index (κ2) is 6.33. The molecular weight excluding hydrogens is 264 g/mol. The zero-order valence-corrected chi connectivity index (χ0v) is 12.1. The molecule has 1 aromatic heterocycles. The molecule has 0 aromatic carbocycles. The van der Waals surface area contributed by atoms with E-state index in [1.54, 1.807) is 6.20 Å². The molecule has 0 amide bonds. The normalized spacial score (nSPS) is 23.6. The molecule has 1 fully saturated rings. The van der Waals surface area contributed by atoms with E-state index < -0.39 is 0 Å². The maximum Gasteiger partial charge on any atom is 0.159 e. The zero-order valence-electron chi connectivity index (χ0n) is 10.4. The van der Waals surface area contributed by atoms with E-state index in [9.17, 15) is 0 Å². The predicted molar refractivity (Wildman–Crippen MR) is 81.1 cm³/mol. The van der Waals surface area contributed by atoms with Crippen molar-refractivity contribution in [3.05, 3.63) is 17.8 Å². The van der Waals surface area contributed by atoms with Gasteiger partial charge in [0.25, 0.3) is 0 Å². The fourth-order valence-electron chi connectivity index (χ4n) is 2.32. The lowest BCUT2D eigenvalue weighted by Crippen LogP contribution is -2.30. The Bertz CT molecular complexity index is 424. The summed E-state index contributed by atoms with van der Waals surface area (Å²) in [6.45, 7) is 0. The molecule has 0 bridgehead atoms. The summed E-state index contributed by atoms with van der Waals surface area (Å²) in [6, 6.07) is 2.26. The average Bonchev–Trinajstić information content (AvgIpc) is 2.39. The lowest BCUT2D eigenvalue weighted by Gasteiger charge is -2.29. The molecule has 0 aliphatic heterocycles. The highest BCUT2D eigenvalue weighted by Crippen LogP contribution is 2.28. The molecule has 0 spiro atoms. The van der Waals surface area contributed by atoms with E-state index in [1.165, 1.54) is 19.3 Å². The Labute approximate surface area is 117 Å². The van der Waals surface area contributed by atoms with E-state index >= 15 is 0 Å². The molecule has 1 aliphatic rings. The second-order valence-electron chi connectivity index (χ2n) is 4.52. The van der Waals surface area contributed by atoms with Crippen LogP contribution >= 0.6 is 24.0 Å². The third-order valence-corrected chi connectivity index (χ3v) is 4.60. The minimum absolute atomic E-state index is 0.365. The Kier molecular flexibility index (Phi) is 4.77. The molecule has 1 saturated carbocycles. The van der Waals surface area contributed by atoms with Crippen molar-refractivity contribution in [3.8, 4) is 0 Å². The van der Waals surface area contributed by atoms with Gasteiger partial charge in [0.15, 0.2) is 5.82 Å². The van der Waals surface area contributed by atoms with Gasteiger partial charge in [0.2, 0.25) is 0 Å². The van der Waals surface area contributed by atoms with Gasteiger partial charge in [0.05, 0.1) is 11.8 Å². The van der Waals surface area contributed by atoms with Crippen molar-refractivity contribution in [2.24, 2.45) is 5.73 Å². The summed E-state index contributed by atoms with van der Waals surface area (Å²) in [5.41, 5.74) is 6.48. The van der Waals surface area contributed by atoms with Crippen LogP contribution < -0.4 is 11.1 Å². The molecule has 1 aliphatic carbocycles. The fourth-order valence-corrected chi connectivity index (χ4v) is 3.31. The number of thioether (sulfide) groups is 1. The molecule has 1 aromatic rings. The first-order valence-electron chi connectivity index (χ1n) is 6.11. The SMILES string of the molecule is CSC1CCCC(Nc2nnccc2C(N)=S)C1. The number of thiocarbonyl (C=S) groups is 1. The minimum Gasteiger partial charge on any atom is -0.389 e. The predicted octanol–water partition coefficient (Wildman–Crippen LogP) is 2.20. The van der Waals surface area contributed by atoms with E-state index in [0.29, 0.717) is 11.0 Å². The summed E-state index contributed by atoms with van der Waals surface area (Å²) in [4.78, 5) is 0.365. The number of nitrogens with one attached hydrogen (secondary N) is 1. The summed E-state index contributed by atoms with van der Waals surface area (Å²) >= 11 is 6.97. The van der Waals surface area contributed by atoms with Crippen LogP contribution in [0, 0.1) is 0 Å². The lowest BCUT2D eigenvalue weighted by molar-refractivity contribution is 0.472. The first-order valence-corrected chi connectivity index (χ1v) is 7.81. The highest BCUT2D eigenvalue weighted by atomic mass is 32.2. The van der Waals surface area contributed by atoms with E-state index in [2.05, 4.69) is 21.8 Å². The van der Waals surface area contributed by atoms with Crippen LogP contribution in [0.25, 0.3) is 0 Å². The Morgan fingerprint density at radius 2 is 2.39 bits per heavy atom. The van der Waals surface area contributed by atoms with Crippen molar-refractivity contribution in [1.29, 1.82) is 0 Å². The molecule has 0 radical (unpaired) electrons. The highest BCUT2D eigenvalue weighted by molar-refractivity contribution is 7.99. The van der Waals surface area contributed by atoms with Crippen molar-refractivity contribution in [1.82, 2.24) is 10.2 Å². The second-order valence-corrected chi connectivity index (χ2v) is 6.10. The molecule has 18 heavy (non-hydrogen) atoms. The van der Waals surface area contributed by atoms with Crippen molar-refractivity contribution in [3.63, 3.8) is 0 Å². The van der Waals surface area contributed by atoms with E-state index in [0.717, 1.165) is 23.1 Å². The molecule has 1 heterocycles. The molecule has 2 rings (SSSR count). The van der Waals surface area contributed by atoms with Gasteiger partial charge in [-0.3, -0.25) is 0 Å². The van der Waals surface area contributed by atoms with Gasteiger partial charge in [0, 0.05) is 11.3 Å². The summed E-state index contributed by atoms with van der Waals surface area (Å²) < 4.78 is 0. The summed E-state index contributed by atoms with van der Waals surface area (Å²) in [5, 5.41) is 12.2. The molecule has 6 heteroatoms. The maximum atomic E-state index is 5.69. The Morgan fingerprint density at radius 1 is 1.56 bits per heavy atom. The molecule has 2 atom stereocenters. The highest BCUT2D eigenvalue weighted by Gasteiger charge is 2.22. The van der Waals surface area contributed by atoms with Gasteiger partial charge in [-0.15, -0.1) is 5.10 Å². The number of hydrogen-bond acceptors (Lipinski definition) is 5. The lowest BCUT2D eigenvalue weighted by atomic mass is 9.95. The Morgan fingerprint density at radius 3 is 3.11 bits per heavy atom. The van der Waals surface area contributed by atoms with Crippen molar-refractivity contribution in [2.75, 3.05) is 11.6 Å². The van der Waals surface area contributed by atoms with Gasteiger partial charge >= 0.3 is 0 Å². The van der Waals surface area contributed by atoms with Gasteiger partial charge in [-0.2, -0.15) is 16.9 Å². The number of hydrogen-bond donors (Lipinski definition) is 2. The molecular formula is C12H18N4S2. The van der Waals surface area contributed by atoms with Crippen molar-refractivity contribution in [2.45, 2.75) is 37.0 Å². The number of nitrogens with two attached hydrogens (primary N) is 1. The summed E-state index contributed by atoms with van der Waals surface area (Å²) in [6.07, 6.45) is 8.69. The van der Waals surface area contributed by atoms with Crippen LogP contribution in [-0.4, -0.2) is 32.7 Å². The number of rotatable bonds is 4. The molecule has 4 nitrogen and oxygen atoms in total. The van der Waals surface area contributed by atoms with E-state index in [4.69, 9.17) is 18.0 Å². The topological polar surface area (TPSA) is 63.8 Å². The average molecular weight is 282 g/mol. The van der Waals surface area contributed by atoms with Gasteiger partial charge in [-0.05, 0) is 31.6 Å². The quantitative estimate of drug-likeness (QED) is 0.826. The van der Waals surface area contributed by atoms with Gasteiger partial charge < -0.3 is 11.1 Å². The van der Waals surface area contributed by atoms with Crippen LogP contribution in [0.1, 0.15) is 31.2 Å². The van der Waals surface area contributed by atoms with E-state index in [1.807, 2.05) is 17.8 Å².